The van der Waals surface area contributed by atoms with Crippen LogP contribution in [0.3, 0.4) is 0 Å². The van der Waals surface area contributed by atoms with Crippen LogP contribution >= 0.6 is 11.8 Å². The molecule has 1 aromatic carbocycles. The molecule has 0 spiro atoms. The number of hydrogen-bond donors (Lipinski definition) is 0. The predicted octanol–water partition coefficient (Wildman–Crippen LogP) is 3.05. The Morgan fingerprint density at radius 1 is 1.29 bits per heavy atom. The molecular weight excluding hydrogens is 288 g/mol. The third-order valence-corrected chi connectivity index (χ3v) is 4.67. The fourth-order valence-corrected chi connectivity index (χ4v) is 3.60. The van der Waals surface area contributed by atoms with E-state index in [0.29, 0.717) is 17.2 Å². The minimum Gasteiger partial charge on any atom is -0.496 e. The lowest BCUT2D eigenvalue weighted by atomic mass is 9.91. The molecule has 0 amide bonds. The van der Waals surface area contributed by atoms with Crippen molar-refractivity contribution in [3.8, 4) is 5.75 Å². The molecule has 0 radical (unpaired) electrons. The summed E-state index contributed by atoms with van der Waals surface area (Å²) in [6.45, 7) is 1.87. The Balaban J connectivity index is 2.29. The zero-order valence-corrected chi connectivity index (χ0v) is 13.2. The maximum absolute atomic E-state index is 12.2. The van der Waals surface area contributed by atoms with E-state index in [4.69, 9.17) is 9.47 Å². The fourth-order valence-electron chi connectivity index (χ4n) is 2.49. The fraction of sp³-hybridized carbons (Fsp3) is 0.500. The second kappa shape index (κ2) is 7.50. The molecule has 1 aliphatic heterocycles. The average molecular weight is 308 g/mol. The van der Waals surface area contributed by atoms with Crippen molar-refractivity contribution >= 4 is 23.5 Å². The zero-order valence-electron chi connectivity index (χ0n) is 12.4. The molecule has 1 aromatic rings. The number of thioether (sulfide) groups is 1. The Morgan fingerprint density at radius 2 is 2.00 bits per heavy atom. The molecule has 0 unspecified atom stereocenters. The van der Waals surface area contributed by atoms with Gasteiger partial charge in [-0.25, -0.2) is 4.79 Å². The molecule has 0 bridgehead atoms. The summed E-state index contributed by atoms with van der Waals surface area (Å²) >= 11 is 1.96. The number of hydrogen-bond acceptors (Lipinski definition) is 5. The number of esters is 1. The van der Waals surface area contributed by atoms with Crippen LogP contribution < -0.4 is 4.74 Å². The highest BCUT2D eigenvalue weighted by molar-refractivity contribution is 7.99. The van der Waals surface area contributed by atoms with Crippen LogP contribution in [0.25, 0.3) is 0 Å². The first-order valence-electron chi connectivity index (χ1n) is 7.14. The molecule has 21 heavy (non-hydrogen) atoms. The van der Waals surface area contributed by atoms with Gasteiger partial charge in [-0.1, -0.05) is 6.07 Å². The lowest BCUT2D eigenvalue weighted by molar-refractivity contribution is -0.137. The van der Waals surface area contributed by atoms with E-state index in [1.165, 1.54) is 7.11 Å². The van der Waals surface area contributed by atoms with Gasteiger partial charge in [0, 0.05) is 0 Å². The highest BCUT2D eigenvalue weighted by atomic mass is 32.2. The average Bonchev–Trinajstić information content (AvgIpc) is 2.54. The van der Waals surface area contributed by atoms with Gasteiger partial charge in [0.2, 0.25) is 0 Å². The van der Waals surface area contributed by atoms with E-state index in [9.17, 15) is 9.59 Å². The smallest absolute Gasteiger partial charge is 0.379 e. The Kier molecular flexibility index (Phi) is 5.67. The van der Waals surface area contributed by atoms with Crippen molar-refractivity contribution in [1.29, 1.82) is 0 Å². The highest BCUT2D eigenvalue weighted by Gasteiger charge is 2.24. The summed E-state index contributed by atoms with van der Waals surface area (Å²) in [5.74, 6) is 1.68. The summed E-state index contributed by atoms with van der Waals surface area (Å²) in [6.07, 6.45) is 2.20. The van der Waals surface area contributed by atoms with Gasteiger partial charge in [-0.2, -0.15) is 11.8 Å². The molecule has 0 aromatic heterocycles. The van der Waals surface area contributed by atoms with E-state index in [-0.39, 0.29) is 6.61 Å². The summed E-state index contributed by atoms with van der Waals surface area (Å²) in [5.41, 5.74) is 1.40. The second-order valence-corrected chi connectivity index (χ2v) is 6.12. The van der Waals surface area contributed by atoms with E-state index < -0.39 is 11.8 Å². The lowest BCUT2D eigenvalue weighted by Crippen LogP contribution is -2.19. The molecule has 1 saturated heterocycles. The molecule has 1 fully saturated rings. The van der Waals surface area contributed by atoms with Crippen LogP contribution in [0.1, 0.15) is 41.6 Å². The van der Waals surface area contributed by atoms with Gasteiger partial charge in [-0.15, -0.1) is 0 Å². The lowest BCUT2D eigenvalue weighted by Gasteiger charge is -2.22. The second-order valence-electron chi connectivity index (χ2n) is 4.90. The molecule has 0 aliphatic carbocycles. The summed E-state index contributed by atoms with van der Waals surface area (Å²) in [5, 5.41) is 0. The van der Waals surface area contributed by atoms with Gasteiger partial charge in [0.1, 0.15) is 5.75 Å². The molecule has 0 N–H and O–H groups in total. The summed E-state index contributed by atoms with van der Waals surface area (Å²) < 4.78 is 10.00. The van der Waals surface area contributed by atoms with Crippen molar-refractivity contribution in [2.24, 2.45) is 0 Å². The normalized spacial score (nSPS) is 15.5. The quantitative estimate of drug-likeness (QED) is 0.475. The molecule has 0 saturated carbocycles. The molecule has 4 nitrogen and oxygen atoms in total. The Labute approximate surface area is 129 Å². The molecule has 1 aliphatic rings. The van der Waals surface area contributed by atoms with Gasteiger partial charge in [-0.3, -0.25) is 4.79 Å². The third kappa shape index (κ3) is 3.79. The first-order chi connectivity index (χ1) is 10.2. The van der Waals surface area contributed by atoms with Crippen molar-refractivity contribution in [3.63, 3.8) is 0 Å². The largest absolute Gasteiger partial charge is 0.496 e. The SMILES string of the molecule is CCOC(=O)C(=O)c1cc(C2CCSCC2)ccc1OC. The topological polar surface area (TPSA) is 52.6 Å². The van der Waals surface area contributed by atoms with E-state index in [1.54, 1.807) is 19.1 Å². The number of Topliss-reactive ketones (excluding diaryl/α,β-unsaturated/α-hetero) is 1. The molecule has 114 valence electrons. The van der Waals surface area contributed by atoms with Crippen molar-refractivity contribution in [2.75, 3.05) is 25.2 Å². The van der Waals surface area contributed by atoms with Crippen LogP contribution in [-0.2, 0) is 9.53 Å². The first kappa shape index (κ1) is 15.9. The minimum absolute atomic E-state index is 0.187. The van der Waals surface area contributed by atoms with Gasteiger partial charge in [0.25, 0.3) is 5.78 Å². The summed E-state index contributed by atoms with van der Waals surface area (Å²) in [6, 6.07) is 5.55. The predicted molar refractivity (Wildman–Crippen MR) is 83.3 cm³/mol. The highest BCUT2D eigenvalue weighted by Crippen LogP contribution is 2.33. The van der Waals surface area contributed by atoms with E-state index >= 15 is 0 Å². The molecule has 2 rings (SSSR count). The van der Waals surface area contributed by atoms with Crippen LogP contribution in [0.4, 0.5) is 0 Å². The minimum atomic E-state index is -0.827. The van der Waals surface area contributed by atoms with Crippen LogP contribution in [0.5, 0.6) is 5.75 Å². The van der Waals surface area contributed by atoms with Crippen molar-refractivity contribution in [2.45, 2.75) is 25.7 Å². The number of methoxy groups -OCH3 is 1. The number of benzene rings is 1. The van der Waals surface area contributed by atoms with Crippen LogP contribution in [-0.4, -0.2) is 37.0 Å². The maximum Gasteiger partial charge on any atom is 0.379 e. The Hall–Kier alpha value is -1.49. The summed E-state index contributed by atoms with van der Waals surface area (Å²) in [4.78, 5) is 23.9. The van der Waals surface area contributed by atoms with Crippen LogP contribution in [0.2, 0.25) is 0 Å². The Bertz CT molecular complexity index is 521. The van der Waals surface area contributed by atoms with E-state index in [0.717, 1.165) is 29.9 Å². The molecule has 0 atom stereocenters. The first-order valence-corrected chi connectivity index (χ1v) is 8.30. The van der Waals surface area contributed by atoms with E-state index in [2.05, 4.69) is 0 Å². The van der Waals surface area contributed by atoms with Gasteiger partial charge in [-0.05, 0) is 54.9 Å². The number of carbonyl (C=O) groups excluding carboxylic acids is 2. The van der Waals surface area contributed by atoms with Gasteiger partial charge >= 0.3 is 5.97 Å². The monoisotopic (exact) mass is 308 g/mol. The zero-order chi connectivity index (χ0) is 15.2. The third-order valence-electron chi connectivity index (χ3n) is 3.62. The molecule has 5 heteroatoms. The maximum atomic E-state index is 12.2. The van der Waals surface area contributed by atoms with Gasteiger partial charge in [0.05, 0.1) is 19.3 Å². The van der Waals surface area contributed by atoms with Gasteiger partial charge < -0.3 is 9.47 Å². The number of carbonyl (C=O) groups is 2. The van der Waals surface area contributed by atoms with Crippen molar-refractivity contribution in [3.05, 3.63) is 29.3 Å². The Morgan fingerprint density at radius 3 is 2.62 bits per heavy atom. The number of rotatable bonds is 5. The molecular formula is C16H20O4S. The van der Waals surface area contributed by atoms with Gasteiger partial charge in [0.15, 0.2) is 0 Å². The molecule has 1 heterocycles. The summed E-state index contributed by atoms with van der Waals surface area (Å²) in [7, 11) is 1.49. The van der Waals surface area contributed by atoms with Crippen LogP contribution in [0, 0.1) is 0 Å². The standard InChI is InChI=1S/C16H20O4S/c1-3-20-16(18)15(17)13-10-12(4-5-14(13)19-2)11-6-8-21-9-7-11/h4-5,10-11H,3,6-9H2,1-2H3. The van der Waals surface area contributed by atoms with Crippen LogP contribution in [0.15, 0.2) is 18.2 Å². The van der Waals surface area contributed by atoms with Crippen molar-refractivity contribution in [1.82, 2.24) is 0 Å². The number of ketones is 1. The van der Waals surface area contributed by atoms with Crippen molar-refractivity contribution < 1.29 is 19.1 Å². The van der Waals surface area contributed by atoms with E-state index in [1.807, 2.05) is 17.8 Å². The number of ether oxygens (including phenoxy) is 2.